The second kappa shape index (κ2) is 5.06. The number of rotatable bonds is 3. The van der Waals surface area contributed by atoms with Gasteiger partial charge in [0.2, 0.25) is 0 Å². The van der Waals surface area contributed by atoms with E-state index in [1.54, 1.807) is 0 Å². The number of benzene rings is 1. The standard InChI is InChI=1S/C15H22BNO/c1-11-4-2-3-5-12(11)10-18-15-6-13-8-17(16)9-14(13)7-15/h2-5,13-15H,6-10,16H2,1H3. The number of hydrogen-bond acceptors (Lipinski definition) is 2. The lowest BCUT2D eigenvalue weighted by Crippen LogP contribution is -2.20. The predicted octanol–water partition coefficient (Wildman–Crippen LogP) is 1.77. The van der Waals surface area contributed by atoms with Gasteiger partial charge in [0.15, 0.2) is 7.98 Å². The van der Waals surface area contributed by atoms with Gasteiger partial charge in [0.1, 0.15) is 0 Å². The van der Waals surface area contributed by atoms with Crippen LogP contribution in [0, 0.1) is 18.8 Å². The van der Waals surface area contributed by atoms with Crippen LogP contribution in [0.3, 0.4) is 0 Å². The third kappa shape index (κ3) is 2.48. The number of aryl methyl sites for hydroxylation is 1. The molecule has 0 radical (unpaired) electrons. The molecule has 18 heavy (non-hydrogen) atoms. The van der Waals surface area contributed by atoms with Gasteiger partial charge < -0.3 is 9.55 Å². The zero-order valence-electron chi connectivity index (χ0n) is 11.4. The van der Waals surface area contributed by atoms with Gasteiger partial charge in [0.25, 0.3) is 0 Å². The van der Waals surface area contributed by atoms with E-state index in [9.17, 15) is 0 Å². The van der Waals surface area contributed by atoms with Gasteiger partial charge in [0.05, 0.1) is 12.7 Å². The van der Waals surface area contributed by atoms with Crippen LogP contribution in [0.5, 0.6) is 0 Å². The predicted molar refractivity (Wildman–Crippen MR) is 76.1 cm³/mol. The van der Waals surface area contributed by atoms with E-state index in [1.807, 2.05) is 0 Å². The Morgan fingerprint density at radius 2 is 1.89 bits per heavy atom. The molecule has 3 rings (SSSR count). The Kier molecular flexibility index (Phi) is 3.44. The summed E-state index contributed by atoms with van der Waals surface area (Å²) in [7, 11) is 2.24. The molecule has 2 unspecified atom stereocenters. The van der Waals surface area contributed by atoms with Crippen LogP contribution < -0.4 is 0 Å². The molecule has 3 heteroatoms. The maximum Gasteiger partial charge on any atom is 0.185 e. The molecule has 1 aromatic carbocycles. The maximum absolute atomic E-state index is 6.12. The van der Waals surface area contributed by atoms with Crippen LogP contribution in [-0.4, -0.2) is 32.0 Å². The Bertz CT molecular complexity index is 409. The van der Waals surface area contributed by atoms with Crippen LogP contribution in [-0.2, 0) is 11.3 Å². The SMILES string of the molecule is BN1CC2CC(OCc3ccccc3C)CC2C1. The van der Waals surface area contributed by atoms with Crippen molar-refractivity contribution in [3.63, 3.8) is 0 Å². The fourth-order valence-corrected chi connectivity index (χ4v) is 3.59. The average Bonchev–Trinajstić information content (AvgIpc) is 2.84. The molecule has 0 bridgehead atoms. The lowest BCUT2D eigenvalue weighted by Gasteiger charge is -2.16. The van der Waals surface area contributed by atoms with Crippen LogP contribution in [0.4, 0.5) is 0 Å². The molecular weight excluding hydrogens is 221 g/mol. The molecule has 2 aliphatic rings. The van der Waals surface area contributed by atoms with Crippen molar-refractivity contribution in [1.29, 1.82) is 0 Å². The van der Waals surface area contributed by atoms with Gasteiger partial charge in [-0.1, -0.05) is 24.3 Å². The lowest BCUT2D eigenvalue weighted by molar-refractivity contribution is 0.0389. The molecule has 1 aliphatic carbocycles. The third-order valence-corrected chi connectivity index (χ3v) is 4.63. The van der Waals surface area contributed by atoms with Gasteiger partial charge in [-0.2, -0.15) is 0 Å². The summed E-state index contributed by atoms with van der Waals surface area (Å²) in [5, 5.41) is 0. The van der Waals surface area contributed by atoms with E-state index in [0.29, 0.717) is 6.10 Å². The van der Waals surface area contributed by atoms with Crippen LogP contribution in [0.25, 0.3) is 0 Å². The maximum atomic E-state index is 6.12. The number of nitrogens with zero attached hydrogens (tertiary/aromatic N) is 1. The first-order chi connectivity index (χ1) is 8.72. The Morgan fingerprint density at radius 1 is 1.22 bits per heavy atom. The molecule has 2 fully saturated rings. The molecule has 0 aromatic heterocycles. The molecule has 2 atom stereocenters. The normalized spacial score (nSPS) is 31.7. The van der Waals surface area contributed by atoms with Crippen molar-refractivity contribution >= 4 is 7.98 Å². The van der Waals surface area contributed by atoms with E-state index in [4.69, 9.17) is 4.74 Å². The molecule has 0 N–H and O–H groups in total. The van der Waals surface area contributed by atoms with Gasteiger partial charge in [-0.15, -0.1) is 0 Å². The van der Waals surface area contributed by atoms with Gasteiger partial charge >= 0.3 is 0 Å². The van der Waals surface area contributed by atoms with Gasteiger partial charge in [-0.05, 0) is 55.8 Å². The minimum absolute atomic E-state index is 0.494. The third-order valence-electron chi connectivity index (χ3n) is 4.63. The fourth-order valence-electron chi connectivity index (χ4n) is 3.59. The summed E-state index contributed by atoms with van der Waals surface area (Å²) < 4.78 is 6.12. The first kappa shape index (κ1) is 12.2. The number of fused-ring (bicyclic) bond motifs is 1. The summed E-state index contributed by atoms with van der Waals surface area (Å²) in [6.45, 7) is 5.49. The summed E-state index contributed by atoms with van der Waals surface area (Å²) in [6, 6.07) is 8.54. The zero-order valence-corrected chi connectivity index (χ0v) is 11.4. The largest absolute Gasteiger partial charge is 0.374 e. The average molecular weight is 243 g/mol. The molecule has 1 aromatic rings. The monoisotopic (exact) mass is 243 g/mol. The summed E-state index contributed by atoms with van der Waals surface area (Å²) in [5.41, 5.74) is 2.68. The van der Waals surface area contributed by atoms with Crippen LogP contribution >= 0.6 is 0 Å². The van der Waals surface area contributed by atoms with Gasteiger partial charge in [-0.25, -0.2) is 0 Å². The van der Waals surface area contributed by atoms with E-state index in [-0.39, 0.29) is 0 Å². The second-order valence-electron chi connectivity index (χ2n) is 6.07. The molecule has 2 nitrogen and oxygen atoms in total. The van der Waals surface area contributed by atoms with Crippen molar-refractivity contribution in [1.82, 2.24) is 4.81 Å². The van der Waals surface area contributed by atoms with Crippen molar-refractivity contribution in [2.24, 2.45) is 11.8 Å². The quantitative estimate of drug-likeness (QED) is 0.750. The number of ether oxygens (including phenoxy) is 1. The van der Waals surface area contributed by atoms with Crippen LogP contribution in [0.15, 0.2) is 24.3 Å². The summed E-state index contributed by atoms with van der Waals surface area (Å²) >= 11 is 0. The highest BCUT2D eigenvalue weighted by molar-refractivity contribution is 6.04. The lowest BCUT2D eigenvalue weighted by atomic mass is 10.0. The summed E-state index contributed by atoms with van der Waals surface area (Å²) in [6.07, 6.45) is 3.02. The Balaban J connectivity index is 1.52. The van der Waals surface area contributed by atoms with E-state index in [2.05, 4.69) is 44.0 Å². The second-order valence-corrected chi connectivity index (χ2v) is 6.07. The zero-order chi connectivity index (χ0) is 12.5. The highest BCUT2D eigenvalue weighted by Gasteiger charge is 2.39. The van der Waals surface area contributed by atoms with Crippen LogP contribution in [0.2, 0.25) is 0 Å². The van der Waals surface area contributed by atoms with Crippen molar-refractivity contribution in [2.45, 2.75) is 32.5 Å². The summed E-state index contributed by atoms with van der Waals surface area (Å²) in [4.78, 5) is 2.47. The molecule has 1 aliphatic heterocycles. The van der Waals surface area contributed by atoms with Crippen molar-refractivity contribution in [3.8, 4) is 0 Å². The summed E-state index contributed by atoms with van der Waals surface area (Å²) in [5.74, 6) is 1.77. The Morgan fingerprint density at radius 3 is 2.56 bits per heavy atom. The van der Waals surface area contributed by atoms with E-state index in [0.717, 1.165) is 18.4 Å². The highest BCUT2D eigenvalue weighted by Crippen LogP contribution is 2.38. The number of hydrogen-bond donors (Lipinski definition) is 0. The van der Waals surface area contributed by atoms with Crippen molar-refractivity contribution in [2.75, 3.05) is 13.1 Å². The molecule has 0 spiro atoms. The molecule has 1 saturated heterocycles. The Labute approximate surface area is 111 Å². The van der Waals surface area contributed by atoms with E-state index < -0.39 is 0 Å². The van der Waals surface area contributed by atoms with Crippen LogP contribution in [0.1, 0.15) is 24.0 Å². The minimum atomic E-state index is 0.494. The molecule has 0 amide bonds. The minimum Gasteiger partial charge on any atom is -0.374 e. The van der Waals surface area contributed by atoms with Gasteiger partial charge in [0, 0.05) is 0 Å². The fraction of sp³-hybridized carbons (Fsp3) is 0.600. The topological polar surface area (TPSA) is 12.5 Å². The Hall–Kier alpha value is -0.795. The highest BCUT2D eigenvalue weighted by atomic mass is 16.5. The molecule has 1 saturated carbocycles. The smallest absolute Gasteiger partial charge is 0.185 e. The van der Waals surface area contributed by atoms with E-state index in [1.165, 1.54) is 37.1 Å². The molecular formula is C15H22BNO. The van der Waals surface area contributed by atoms with Crippen molar-refractivity contribution in [3.05, 3.63) is 35.4 Å². The molecule has 1 heterocycles. The first-order valence-electron chi connectivity index (χ1n) is 7.07. The van der Waals surface area contributed by atoms with E-state index >= 15 is 0 Å². The van der Waals surface area contributed by atoms with Gasteiger partial charge in [-0.3, -0.25) is 0 Å². The first-order valence-corrected chi connectivity index (χ1v) is 7.07. The molecule has 96 valence electrons. The van der Waals surface area contributed by atoms with Crippen molar-refractivity contribution < 1.29 is 4.74 Å².